The number of nitrogens with one attached hydrogen (secondary N) is 1. The van der Waals surface area contributed by atoms with Gasteiger partial charge in [0.1, 0.15) is 5.82 Å². The minimum Gasteiger partial charge on any atom is -0.367 e. The number of benzene rings is 1. The van der Waals surface area contributed by atoms with Crippen molar-refractivity contribution in [3.8, 4) is 0 Å². The van der Waals surface area contributed by atoms with Crippen LogP contribution in [0.3, 0.4) is 0 Å². The second kappa shape index (κ2) is 5.98. The van der Waals surface area contributed by atoms with E-state index in [-0.39, 0.29) is 5.82 Å². The normalized spacial score (nSPS) is 10.6. The minimum absolute atomic E-state index is 0.165. The molecule has 18 heavy (non-hydrogen) atoms. The number of rotatable bonds is 5. The Balaban J connectivity index is 2.12. The smallest absolute Gasteiger partial charge is 0.146 e. The molecule has 0 aliphatic rings. The first-order valence-electron chi connectivity index (χ1n) is 5.87. The molecular formula is C14H17FN2S. The van der Waals surface area contributed by atoms with Gasteiger partial charge in [0, 0.05) is 18.5 Å². The summed E-state index contributed by atoms with van der Waals surface area (Å²) in [4.78, 5) is 3.17. The summed E-state index contributed by atoms with van der Waals surface area (Å²) in [5.41, 5.74) is 1.60. The van der Waals surface area contributed by atoms with Gasteiger partial charge in [0.2, 0.25) is 0 Å². The van der Waals surface area contributed by atoms with Gasteiger partial charge in [0.15, 0.2) is 0 Å². The largest absolute Gasteiger partial charge is 0.367 e. The molecule has 0 saturated carbocycles. The van der Waals surface area contributed by atoms with Gasteiger partial charge in [-0.05, 0) is 36.2 Å². The molecule has 0 aliphatic carbocycles. The monoisotopic (exact) mass is 264 g/mol. The van der Waals surface area contributed by atoms with E-state index in [0.717, 1.165) is 12.1 Å². The Morgan fingerprint density at radius 2 is 2.17 bits per heavy atom. The van der Waals surface area contributed by atoms with E-state index < -0.39 is 0 Å². The molecule has 0 radical (unpaired) electrons. The summed E-state index contributed by atoms with van der Waals surface area (Å²) in [6.45, 7) is 1.42. The third kappa shape index (κ3) is 3.09. The van der Waals surface area contributed by atoms with E-state index in [1.54, 1.807) is 17.4 Å². The van der Waals surface area contributed by atoms with Crippen molar-refractivity contribution < 1.29 is 4.39 Å². The Hall–Kier alpha value is -1.39. The molecule has 0 unspecified atom stereocenters. The van der Waals surface area contributed by atoms with Crippen molar-refractivity contribution in [1.29, 1.82) is 0 Å². The molecule has 2 rings (SSSR count). The summed E-state index contributed by atoms with van der Waals surface area (Å²) in [6.07, 6.45) is 0. The van der Waals surface area contributed by atoms with Crippen molar-refractivity contribution in [1.82, 2.24) is 5.32 Å². The van der Waals surface area contributed by atoms with E-state index in [1.807, 2.05) is 42.6 Å². The van der Waals surface area contributed by atoms with Crippen LogP contribution in [0.15, 0.2) is 35.7 Å². The van der Waals surface area contributed by atoms with E-state index in [4.69, 9.17) is 0 Å². The standard InChI is InChI=1S/C14H17FN2S/c1-16-9-11-5-6-14(13(15)8-11)17(2)10-12-4-3-7-18-12/h3-8,16H,9-10H2,1-2H3. The van der Waals surface area contributed by atoms with Gasteiger partial charge < -0.3 is 10.2 Å². The number of hydrogen-bond acceptors (Lipinski definition) is 3. The van der Waals surface area contributed by atoms with Gasteiger partial charge >= 0.3 is 0 Å². The zero-order chi connectivity index (χ0) is 13.0. The lowest BCUT2D eigenvalue weighted by atomic mass is 10.2. The SMILES string of the molecule is CNCc1ccc(N(C)Cc2cccs2)c(F)c1. The maximum absolute atomic E-state index is 14.0. The molecule has 0 amide bonds. The highest BCUT2D eigenvalue weighted by Gasteiger charge is 2.09. The maximum Gasteiger partial charge on any atom is 0.146 e. The fourth-order valence-electron chi connectivity index (χ4n) is 1.90. The summed E-state index contributed by atoms with van der Waals surface area (Å²) in [7, 11) is 3.77. The van der Waals surface area contributed by atoms with Gasteiger partial charge in [0.05, 0.1) is 12.2 Å². The van der Waals surface area contributed by atoms with Crippen LogP contribution in [0, 0.1) is 5.82 Å². The van der Waals surface area contributed by atoms with Gasteiger partial charge in [-0.3, -0.25) is 0 Å². The molecule has 1 N–H and O–H groups in total. The Labute approximate surface area is 111 Å². The van der Waals surface area contributed by atoms with Crippen LogP contribution in [0.1, 0.15) is 10.4 Å². The third-order valence-electron chi connectivity index (χ3n) is 2.78. The van der Waals surface area contributed by atoms with Crippen LogP contribution in [-0.4, -0.2) is 14.1 Å². The average Bonchev–Trinajstić information content (AvgIpc) is 2.82. The van der Waals surface area contributed by atoms with Gasteiger partial charge in [-0.1, -0.05) is 12.1 Å². The van der Waals surface area contributed by atoms with Gasteiger partial charge in [-0.15, -0.1) is 11.3 Å². The molecule has 0 fully saturated rings. The second-order valence-electron chi connectivity index (χ2n) is 4.25. The first kappa shape index (κ1) is 13.1. The summed E-state index contributed by atoms with van der Waals surface area (Å²) in [5.74, 6) is -0.165. The van der Waals surface area contributed by atoms with Crippen LogP contribution < -0.4 is 10.2 Å². The molecule has 1 aromatic carbocycles. The van der Waals surface area contributed by atoms with Crippen LogP contribution in [0.25, 0.3) is 0 Å². The molecule has 4 heteroatoms. The van der Waals surface area contributed by atoms with Crippen molar-refractivity contribution in [2.75, 3.05) is 19.0 Å². The summed E-state index contributed by atoms with van der Waals surface area (Å²) in [6, 6.07) is 9.47. The molecule has 0 spiro atoms. The molecule has 2 aromatic rings. The van der Waals surface area contributed by atoms with E-state index in [1.165, 1.54) is 4.88 Å². The molecule has 0 saturated heterocycles. The molecule has 2 nitrogen and oxygen atoms in total. The zero-order valence-corrected chi connectivity index (χ0v) is 11.4. The van der Waals surface area contributed by atoms with Crippen molar-refractivity contribution in [3.63, 3.8) is 0 Å². The summed E-state index contributed by atoms with van der Waals surface area (Å²) >= 11 is 1.69. The number of halogens is 1. The molecule has 96 valence electrons. The average molecular weight is 264 g/mol. The van der Waals surface area contributed by atoms with E-state index in [9.17, 15) is 4.39 Å². The Morgan fingerprint density at radius 1 is 1.33 bits per heavy atom. The fraction of sp³-hybridized carbons (Fsp3) is 0.286. The number of thiophene rings is 1. The zero-order valence-electron chi connectivity index (χ0n) is 10.6. The predicted octanol–water partition coefficient (Wildman–Crippen LogP) is 3.24. The topological polar surface area (TPSA) is 15.3 Å². The second-order valence-corrected chi connectivity index (χ2v) is 5.28. The first-order chi connectivity index (χ1) is 8.70. The van der Waals surface area contributed by atoms with Crippen LogP contribution in [-0.2, 0) is 13.1 Å². The maximum atomic E-state index is 14.0. The van der Waals surface area contributed by atoms with Crippen LogP contribution in [0.4, 0.5) is 10.1 Å². The lowest BCUT2D eigenvalue weighted by Crippen LogP contribution is -2.17. The summed E-state index contributed by atoms with van der Waals surface area (Å²) in [5, 5.41) is 5.05. The van der Waals surface area contributed by atoms with Gasteiger partial charge in [-0.2, -0.15) is 0 Å². The van der Waals surface area contributed by atoms with Crippen molar-refractivity contribution in [3.05, 3.63) is 52.0 Å². The first-order valence-corrected chi connectivity index (χ1v) is 6.75. The molecule has 0 aliphatic heterocycles. The van der Waals surface area contributed by atoms with Crippen LogP contribution in [0.5, 0.6) is 0 Å². The van der Waals surface area contributed by atoms with Crippen molar-refractivity contribution in [2.45, 2.75) is 13.1 Å². The lowest BCUT2D eigenvalue weighted by molar-refractivity contribution is 0.618. The third-order valence-corrected chi connectivity index (χ3v) is 3.64. The number of nitrogens with zero attached hydrogens (tertiary/aromatic N) is 1. The van der Waals surface area contributed by atoms with Crippen LogP contribution >= 0.6 is 11.3 Å². The minimum atomic E-state index is -0.165. The number of anilines is 1. The van der Waals surface area contributed by atoms with E-state index in [2.05, 4.69) is 11.4 Å². The van der Waals surface area contributed by atoms with Crippen molar-refractivity contribution >= 4 is 17.0 Å². The Morgan fingerprint density at radius 3 is 2.78 bits per heavy atom. The lowest BCUT2D eigenvalue weighted by Gasteiger charge is -2.19. The molecule has 1 aromatic heterocycles. The fourth-order valence-corrected chi connectivity index (χ4v) is 2.65. The highest BCUT2D eigenvalue weighted by atomic mass is 32.1. The molecule has 1 heterocycles. The highest BCUT2D eigenvalue weighted by Crippen LogP contribution is 2.22. The summed E-state index contributed by atoms with van der Waals surface area (Å²) < 4.78 is 14.0. The van der Waals surface area contributed by atoms with Gasteiger partial charge in [0.25, 0.3) is 0 Å². The van der Waals surface area contributed by atoms with Crippen LogP contribution in [0.2, 0.25) is 0 Å². The molecule has 0 bridgehead atoms. The van der Waals surface area contributed by atoms with Gasteiger partial charge in [-0.25, -0.2) is 4.39 Å². The number of hydrogen-bond donors (Lipinski definition) is 1. The predicted molar refractivity (Wildman–Crippen MR) is 75.6 cm³/mol. The Bertz CT molecular complexity index is 497. The molecular weight excluding hydrogens is 247 g/mol. The quantitative estimate of drug-likeness (QED) is 0.892. The van der Waals surface area contributed by atoms with E-state index >= 15 is 0 Å². The molecule has 0 atom stereocenters. The van der Waals surface area contributed by atoms with Crippen molar-refractivity contribution in [2.24, 2.45) is 0 Å². The van der Waals surface area contributed by atoms with E-state index in [0.29, 0.717) is 12.2 Å². The Kier molecular flexibility index (Phi) is 4.33. The highest BCUT2D eigenvalue weighted by molar-refractivity contribution is 7.09.